The van der Waals surface area contributed by atoms with Crippen LogP contribution in [0.1, 0.15) is 17.0 Å². The van der Waals surface area contributed by atoms with Gasteiger partial charge in [-0.15, -0.1) is 0 Å². The van der Waals surface area contributed by atoms with E-state index in [1.165, 1.54) is 11.3 Å². The molecule has 3 rings (SSSR count). The van der Waals surface area contributed by atoms with Crippen LogP contribution < -0.4 is 5.32 Å². The van der Waals surface area contributed by atoms with E-state index in [0.29, 0.717) is 0 Å². The zero-order valence-electron chi connectivity index (χ0n) is 12.0. The summed E-state index contributed by atoms with van der Waals surface area (Å²) in [6.07, 6.45) is 1.82. The lowest BCUT2D eigenvalue weighted by molar-refractivity contribution is 0.730. The number of fused-ring (bicyclic) bond motifs is 1. The second-order valence-electron chi connectivity index (χ2n) is 5.00. The van der Waals surface area contributed by atoms with Crippen LogP contribution in [0.3, 0.4) is 0 Å². The Morgan fingerprint density at radius 1 is 1.15 bits per heavy atom. The first-order valence-electron chi connectivity index (χ1n) is 6.73. The third-order valence-corrected chi connectivity index (χ3v) is 3.76. The van der Waals surface area contributed by atoms with E-state index in [1.807, 2.05) is 36.1 Å². The summed E-state index contributed by atoms with van der Waals surface area (Å²) in [5.41, 5.74) is 5.66. The number of anilines is 1. The summed E-state index contributed by atoms with van der Waals surface area (Å²) in [4.78, 5) is 4.38. The van der Waals surface area contributed by atoms with Crippen molar-refractivity contribution in [1.82, 2.24) is 14.8 Å². The second kappa shape index (κ2) is 4.96. The molecular formula is C16H18N4. The maximum Gasteiger partial charge on any atom is 0.0722 e. The van der Waals surface area contributed by atoms with Crippen LogP contribution in [0, 0.1) is 13.8 Å². The van der Waals surface area contributed by atoms with Gasteiger partial charge < -0.3 is 5.32 Å². The minimum atomic E-state index is 0.777. The first kappa shape index (κ1) is 12.7. The Bertz CT molecular complexity index is 753. The molecule has 0 bridgehead atoms. The van der Waals surface area contributed by atoms with Crippen molar-refractivity contribution < 1.29 is 0 Å². The molecule has 0 fully saturated rings. The predicted molar refractivity (Wildman–Crippen MR) is 81.8 cm³/mol. The molecule has 0 atom stereocenters. The summed E-state index contributed by atoms with van der Waals surface area (Å²) in [6.45, 7) is 4.93. The third-order valence-electron chi connectivity index (χ3n) is 3.76. The number of aryl methyl sites for hydroxylation is 2. The molecule has 0 amide bonds. The molecule has 0 spiro atoms. The molecule has 4 nitrogen and oxygen atoms in total. The van der Waals surface area contributed by atoms with Gasteiger partial charge in [0, 0.05) is 42.1 Å². The van der Waals surface area contributed by atoms with E-state index < -0.39 is 0 Å². The van der Waals surface area contributed by atoms with Crippen molar-refractivity contribution in [2.75, 3.05) is 5.32 Å². The highest BCUT2D eigenvalue weighted by Gasteiger charge is 2.09. The van der Waals surface area contributed by atoms with Gasteiger partial charge in [-0.25, -0.2) is 0 Å². The Labute approximate surface area is 118 Å². The Morgan fingerprint density at radius 2 is 2.00 bits per heavy atom. The maximum atomic E-state index is 4.45. The van der Waals surface area contributed by atoms with Crippen LogP contribution in [0.2, 0.25) is 0 Å². The van der Waals surface area contributed by atoms with E-state index in [0.717, 1.165) is 28.8 Å². The van der Waals surface area contributed by atoms with Gasteiger partial charge >= 0.3 is 0 Å². The highest BCUT2D eigenvalue weighted by molar-refractivity contribution is 5.91. The topological polar surface area (TPSA) is 42.7 Å². The third kappa shape index (κ3) is 2.13. The lowest BCUT2D eigenvalue weighted by Gasteiger charge is -2.09. The molecule has 0 radical (unpaired) electrons. The number of hydrogen-bond donors (Lipinski definition) is 1. The number of nitrogens with one attached hydrogen (secondary N) is 1. The van der Waals surface area contributed by atoms with Gasteiger partial charge in [0.25, 0.3) is 0 Å². The molecule has 0 aliphatic carbocycles. The molecule has 0 saturated heterocycles. The van der Waals surface area contributed by atoms with Crippen molar-refractivity contribution in [3.05, 3.63) is 53.5 Å². The number of nitrogens with zero attached hydrogens (tertiary/aromatic N) is 3. The minimum absolute atomic E-state index is 0.777. The molecule has 0 saturated carbocycles. The Balaban J connectivity index is 1.91. The van der Waals surface area contributed by atoms with Gasteiger partial charge in [0.2, 0.25) is 0 Å². The van der Waals surface area contributed by atoms with Crippen LogP contribution in [0.4, 0.5) is 5.69 Å². The number of aromatic nitrogens is 3. The molecule has 0 aliphatic rings. The average molecular weight is 266 g/mol. The molecule has 2 heterocycles. The lowest BCUT2D eigenvalue weighted by Crippen LogP contribution is -2.03. The lowest BCUT2D eigenvalue weighted by atomic mass is 10.1. The van der Waals surface area contributed by atoms with Crippen LogP contribution in [-0.2, 0) is 13.6 Å². The highest BCUT2D eigenvalue weighted by Crippen LogP contribution is 2.22. The molecule has 102 valence electrons. The molecular weight excluding hydrogens is 248 g/mol. The summed E-state index contributed by atoms with van der Waals surface area (Å²) in [6, 6.07) is 10.2. The van der Waals surface area contributed by atoms with Crippen molar-refractivity contribution in [3.63, 3.8) is 0 Å². The van der Waals surface area contributed by atoms with Gasteiger partial charge in [0.05, 0.1) is 11.2 Å². The summed E-state index contributed by atoms with van der Waals surface area (Å²) in [7, 11) is 1.98. The van der Waals surface area contributed by atoms with Crippen molar-refractivity contribution in [1.29, 1.82) is 0 Å². The number of pyridine rings is 1. The summed E-state index contributed by atoms with van der Waals surface area (Å²) in [5.74, 6) is 0. The van der Waals surface area contributed by atoms with Gasteiger partial charge in [-0.3, -0.25) is 9.67 Å². The molecule has 2 aromatic heterocycles. The van der Waals surface area contributed by atoms with Crippen LogP contribution in [0.25, 0.3) is 10.9 Å². The van der Waals surface area contributed by atoms with E-state index in [9.17, 15) is 0 Å². The summed E-state index contributed by atoms with van der Waals surface area (Å²) in [5, 5.41) is 9.10. The van der Waals surface area contributed by atoms with Crippen LogP contribution in [0.5, 0.6) is 0 Å². The largest absolute Gasteiger partial charge is 0.380 e. The van der Waals surface area contributed by atoms with Crippen LogP contribution >= 0.6 is 0 Å². The average Bonchev–Trinajstić information content (AvgIpc) is 2.70. The SMILES string of the molecule is Cc1nn(C)c(C)c1CNc1cccc2ncccc12. The van der Waals surface area contributed by atoms with Gasteiger partial charge in [-0.1, -0.05) is 6.07 Å². The number of rotatable bonds is 3. The van der Waals surface area contributed by atoms with Crippen molar-refractivity contribution >= 4 is 16.6 Å². The van der Waals surface area contributed by atoms with Gasteiger partial charge in [-0.05, 0) is 38.1 Å². The summed E-state index contributed by atoms with van der Waals surface area (Å²) < 4.78 is 1.93. The Kier molecular flexibility index (Phi) is 3.14. The molecule has 0 aliphatic heterocycles. The normalized spacial score (nSPS) is 10.9. The summed E-state index contributed by atoms with van der Waals surface area (Å²) >= 11 is 0. The van der Waals surface area contributed by atoms with Crippen LogP contribution in [0.15, 0.2) is 36.5 Å². The van der Waals surface area contributed by atoms with E-state index in [4.69, 9.17) is 0 Å². The van der Waals surface area contributed by atoms with E-state index in [-0.39, 0.29) is 0 Å². The number of hydrogen-bond acceptors (Lipinski definition) is 3. The molecule has 0 unspecified atom stereocenters. The predicted octanol–water partition coefficient (Wildman–Crippen LogP) is 3.20. The standard InChI is InChI=1S/C16H18N4/c1-11-14(12(2)20(3)19-11)10-18-16-8-4-7-15-13(16)6-5-9-17-15/h4-9,18H,10H2,1-3H3. The van der Waals surface area contributed by atoms with Crippen molar-refractivity contribution in [2.45, 2.75) is 20.4 Å². The first-order chi connectivity index (χ1) is 9.66. The van der Waals surface area contributed by atoms with Gasteiger partial charge in [0.15, 0.2) is 0 Å². The quantitative estimate of drug-likeness (QED) is 0.791. The molecule has 20 heavy (non-hydrogen) atoms. The molecule has 4 heteroatoms. The Morgan fingerprint density at radius 3 is 2.75 bits per heavy atom. The molecule has 1 N–H and O–H groups in total. The monoisotopic (exact) mass is 266 g/mol. The zero-order chi connectivity index (χ0) is 14.1. The van der Waals surface area contributed by atoms with Crippen molar-refractivity contribution in [3.8, 4) is 0 Å². The van der Waals surface area contributed by atoms with E-state index in [1.54, 1.807) is 0 Å². The Hall–Kier alpha value is -2.36. The zero-order valence-corrected chi connectivity index (χ0v) is 12.0. The first-order valence-corrected chi connectivity index (χ1v) is 6.73. The molecule has 3 aromatic rings. The molecule has 1 aromatic carbocycles. The maximum absolute atomic E-state index is 4.45. The van der Waals surface area contributed by atoms with Crippen molar-refractivity contribution in [2.24, 2.45) is 7.05 Å². The minimum Gasteiger partial charge on any atom is -0.380 e. The smallest absolute Gasteiger partial charge is 0.0722 e. The van der Waals surface area contributed by atoms with Gasteiger partial charge in [-0.2, -0.15) is 5.10 Å². The fraction of sp³-hybridized carbons (Fsp3) is 0.250. The van der Waals surface area contributed by atoms with Crippen LogP contribution in [-0.4, -0.2) is 14.8 Å². The van der Waals surface area contributed by atoms with E-state index >= 15 is 0 Å². The highest BCUT2D eigenvalue weighted by atomic mass is 15.3. The fourth-order valence-corrected chi connectivity index (χ4v) is 2.51. The number of benzene rings is 1. The second-order valence-corrected chi connectivity index (χ2v) is 5.00. The fourth-order valence-electron chi connectivity index (χ4n) is 2.51. The van der Waals surface area contributed by atoms with E-state index in [2.05, 4.69) is 41.4 Å². The van der Waals surface area contributed by atoms with Gasteiger partial charge in [0.1, 0.15) is 0 Å².